The zero-order valence-corrected chi connectivity index (χ0v) is 40.8. The Bertz CT molecular complexity index is 1860. The summed E-state index contributed by atoms with van der Waals surface area (Å²) >= 11 is 0. The summed E-state index contributed by atoms with van der Waals surface area (Å²) in [6.07, 6.45) is -42.2. The van der Waals surface area contributed by atoms with E-state index in [0.29, 0.717) is 0 Å². The summed E-state index contributed by atoms with van der Waals surface area (Å²) in [6, 6.07) is -9.79. The molecule has 6 aliphatic rings. The molecule has 0 aliphatic carbocycles. The Morgan fingerprint density at radius 3 is 1.18 bits per heavy atom. The molecule has 31 atom stereocenters. The predicted molar refractivity (Wildman–Crippen MR) is 238 cm³/mol. The van der Waals surface area contributed by atoms with Gasteiger partial charge in [0, 0.05) is 6.42 Å². The van der Waals surface area contributed by atoms with Gasteiger partial charge in [0.1, 0.15) is 103 Å². The van der Waals surface area contributed by atoms with Crippen LogP contribution in [0.5, 0.6) is 0 Å². The van der Waals surface area contributed by atoms with E-state index in [1.54, 1.807) is 0 Å². The maximum atomic E-state index is 14.0. The Morgan fingerprint density at radius 2 is 0.816 bits per heavy atom. The van der Waals surface area contributed by atoms with Crippen LogP contribution in [0, 0.1) is 0 Å². The van der Waals surface area contributed by atoms with E-state index < -0.39 is 247 Å². The summed E-state index contributed by atoms with van der Waals surface area (Å²) in [5, 5.41) is 184. The second-order valence-electron chi connectivity index (χ2n) is 19.7. The van der Waals surface area contributed by atoms with Gasteiger partial charge in [-0.1, -0.05) is 6.92 Å². The van der Waals surface area contributed by atoms with Gasteiger partial charge in [0.05, 0.1) is 82.3 Å². The van der Waals surface area contributed by atoms with Crippen molar-refractivity contribution in [2.45, 2.75) is 208 Å². The normalized spacial score (nSPS) is 51.2. The van der Waals surface area contributed by atoms with Crippen LogP contribution in [0.1, 0.15) is 19.8 Å². The number of hydrogen-bond donors (Lipinski definition) is 23. The molecule has 0 spiro atoms. The lowest BCUT2D eigenvalue weighted by Crippen LogP contribution is -2.77. The molecule has 6 rings (SSSR count). The summed E-state index contributed by atoms with van der Waals surface area (Å²) in [4.78, 5) is 14.0. The average Bonchev–Trinajstić information content (AvgIpc) is 3.40. The van der Waals surface area contributed by atoms with Crippen molar-refractivity contribution >= 4 is 5.97 Å². The molecule has 5 unspecified atom stereocenters. The molecule has 35 heteroatoms. The minimum Gasteiger partial charge on any atom is -0.430 e. The zero-order chi connectivity index (χ0) is 56.7. The summed E-state index contributed by atoms with van der Waals surface area (Å²) in [5.41, 5.74) is 30.6. The first-order valence-electron chi connectivity index (χ1n) is 24.2. The topological polar surface area (TPSA) is 619 Å². The van der Waals surface area contributed by atoms with Crippen LogP contribution in [0.4, 0.5) is 0 Å². The Morgan fingerprint density at radius 1 is 0.474 bits per heavy atom. The monoisotopic (exact) mass is 1120 g/mol. The largest absolute Gasteiger partial charge is 0.430 e. The summed E-state index contributed by atoms with van der Waals surface area (Å²) in [5.74, 6) is -4.92. The third-order valence-corrected chi connectivity index (χ3v) is 14.9. The smallest absolute Gasteiger partial charge is 0.311 e. The standard InChI is InChI=1S/C41H76N6O29/c1-2-41(65,40(9-53)32(62)26(60)20(47)38(76-40)73-30-13(7-51)69-36(18(45)24(30)58)71-28-11(5-49)67-34(64)16(43)22(28)56)74-14(54)3-39(8-52)31(61)25(59)19(46)37(75-39)72-29-12(6-50)68-35(17(44)23(29)57)70-27-10(4-48)66-33(63)15(42)21(27)55/h10-13,15-38,48-53,55-65H,2-9,42-47H2,1H3/t10-,11-,12-,13-,15-,16-,17-,18-,19-,20-,21-,22-,23-,24-,25-,26-,27?,28?,29?,30?,31+,32+,33-,34-,35+,36+,37+,38+,39-,40-,41?/m1/s1. The van der Waals surface area contributed by atoms with Crippen molar-refractivity contribution in [1.29, 1.82) is 0 Å². The van der Waals surface area contributed by atoms with Gasteiger partial charge < -0.3 is 173 Å². The second kappa shape index (κ2) is 25.5. The molecule has 6 fully saturated rings. The first-order valence-corrected chi connectivity index (χ1v) is 24.2. The SMILES string of the molecule is CCC(O)(OC(=O)C[C@]1(CO)O[C@H](OC2[C@@H](CO)O[C@@H](OC3[C@@H](CO)O[C@@H](O)[C@H](N)[C@H]3O)[C@H](N)[C@H]2O)[C@H](N)[C@@H](O)[C@@H]1O)[C@]1(CO)O[C@H](OC2[C@@H](CO)O[C@@H](OC3[C@@H](CO)O[C@@H](O)[C@H](N)[C@H]3O)[C@H](N)[C@H]2O)[C@H](N)[C@@H](O)[C@@H]1O. The van der Waals surface area contributed by atoms with Gasteiger partial charge in [0.25, 0.3) is 0 Å². The molecule has 0 saturated carbocycles. The van der Waals surface area contributed by atoms with Crippen LogP contribution in [-0.4, -0.2) is 321 Å². The number of ether oxygens (including phenoxy) is 11. The fraction of sp³-hybridized carbons (Fsp3) is 0.976. The van der Waals surface area contributed by atoms with E-state index in [1.165, 1.54) is 0 Å². The van der Waals surface area contributed by atoms with Crippen molar-refractivity contribution in [1.82, 2.24) is 0 Å². The maximum Gasteiger partial charge on any atom is 0.311 e. The van der Waals surface area contributed by atoms with Crippen LogP contribution < -0.4 is 34.4 Å². The number of carbonyl (C=O) groups excluding carboxylic acids is 1. The summed E-state index contributed by atoms with van der Waals surface area (Å²) in [6.45, 7) is -5.31. The number of hydrogen-bond acceptors (Lipinski definition) is 35. The highest BCUT2D eigenvalue weighted by Crippen LogP contribution is 2.44. The molecule has 444 valence electrons. The van der Waals surface area contributed by atoms with Gasteiger partial charge in [-0.05, 0) is 0 Å². The lowest BCUT2D eigenvalue weighted by atomic mass is 9.78. The van der Waals surface area contributed by atoms with Gasteiger partial charge in [-0.25, -0.2) is 0 Å². The van der Waals surface area contributed by atoms with Crippen molar-refractivity contribution < 1.29 is 144 Å². The van der Waals surface area contributed by atoms with Crippen LogP contribution in [0.2, 0.25) is 0 Å². The fourth-order valence-corrected chi connectivity index (χ4v) is 10.1. The molecule has 6 aliphatic heterocycles. The molecule has 6 saturated heterocycles. The highest BCUT2D eigenvalue weighted by Gasteiger charge is 2.67. The maximum absolute atomic E-state index is 14.0. The zero-order valence-electron chi connectivity index (χ0n) is 40.8. The predicted octanol–water partition coefficient (Wildman–Crippen LogP) is -15.6. The number of aliphatic hydroxyl groups excluding tert-OH is 16. The molecular formula is C41H76N6O29. The Balaban J connectivity index is 1.17. The number of carbonyl (C=O) groups is 1. The van der Waals surface area contributed by atoms with Crippen LogP contribution in [-0.2, 0) is 56.9 Å². The second-order valence-corrected chi connectivity index (χ2v) is 19.7. The molecule has 35 nitrogen and oxygen atoms in total. The molecule has 29 N–H and O–H groups in total. The lowest BCUT2D eigenvalue weighted by molar-refractivity contribution is -0.409. The highest BCUT2D eigenvalue weighted by atomic mass is 16.8. The lowest BCUT2D eigenvalue weighted by Gasteiger charge is -2.55. The molecule has 0 amide bonds. The van der Waals surface area contributed by atoms with Crippen molar-refractivity contribution in [3.63, 3.8) is 0 Å². The van der Waals surface area contributed by atoms with Crippen molar-refractivity contribution in [3.8, 4) is 0 Å². The number of rotatable bonds is 19. The fourth-order valence-electron chi connectivity index (χ4n) is 10.1. The van der Waals surface area contributed by atoms with Crippen LogP contribution in [0.25, 0.3) is 0 Å². The van der Waals surface area contributed by atoms with E-state index in [0.717, 1.165) is 6.92 Å². The Hall–Kier alpha value is -1.85. The van der Waals surface area contributed by atoms with Gasteiger partial charge in [0.15, 0.2) is 43.3 Å². The molecule has 76 heavy (non-hydrogen) atoms. The number of esters is 1. The number of nitrogens with two attached hydrogens (primary N) is 6. The third kappa shape index (κ3) is 11.8. The van der Waals surface area contributed by atoms with E-state index >= 15 is 0 Å². The van der Waals surface area contributed by atoms with Crippen molar-refractivity contribution in [2.75, 3.05) is 39.6 Å². The molecular weight excluding hydrogens is 1040 g/mol. The van der Waals surface area contributed by atoms with E-state index in [-0.39, 0.29) is 0 Å². The Kier molecular flexibility index (Phi) is 21.3. The van der Waals surface area contributed by atoms with Gasteiger partial charge in [-0.3, -0.25) is 4.79 Å². The van der Waals surface area contributed by atoms with E-state index in [1.807, 2.05) is 0 Å². The van der Waals surface area contributed by atoms with Gasteiger partial charge in [0.2, 0.25) is 5.79 Å². The first kappa shape index (κ1) is 63.3. The molecule has 0 aromatic rings. The molecule has 0 aromatic heterocycles. The molecule has 0 aromatic carbocycles. The number of aliphatic hydroxyl groups is 17. The van der Waals surface area contributed by atoms with Gasteiger partial charge >= 0.3 is 5.97 Å². The van der Waals surface area contributed by atoms with Gasteiger partial charge in [-0.15, -0.1) is 0 Å². The van der Waals surface area contributed by atoms with Crippen LogP contribution in [0.3, 0.4) is 0 Å². The van der Waals surface area contributed by atoms with E-state index in [9.17, 15) is 91.6 Å². The quantitative estimate of drug-likeness (QED) is 0.0422. The van der Waals surface area contributed by atoms with E-state index in [2.05, 4.69) is 0 Å². The molecule has 6 heterocycles. The third-order valence-electron chi connectivity index (χ3n) is 14.9. The van der Waals surface area contributed by atoms with Crippen molar-refractivity contribution in [2.24, 2.45) is 34.4 Å². The van der Waals surface area contributed by atoms with Gasteiger partial charge in [-0.2, -0.15) is 0 Å². The molecule has 0 bridgehead atoms. The van der Waals surface area contributed by atoms with Crippen LogP contribution in [0.15, 0.2) is 0 Å². The first-order chi connectivity index (χ1) is 35.7. The van der Waals surface area contributed by atoms with E-state index in [4.69, 9.17) is 86.5 Å². The highest BCUT2D eigenvalue weighted by molar-refractivity contribution is 5.71. The minimum absolute atomic E-state index is 0.797. The van der Waals surface area contributed by atoms with Crippen LogP contribution >= 0.6 is 0 Å². The summed E-state index contributed by atoms with van der Waals surface area (Å²) in [7, 11) is 0. The minimum atomic E-state index is -3.27. The average molecular weight is 1120 g/mol. The Labute approximate surface area is 431 Å². The summed E-state index contributed by atoms with van der Waals surface area (Å²) < 4.78 is 62.2. The molecule has 0 radical (unpaired) electrons. The van der Waals surface area contributed by atoms with Crippen molar-refractivity contribution in [3.05, 3.63) is 0 Å².